The van der Waals surface area contributed by atoms with E-state index < -0.39 is 0 Å². The van der Waals surface area contributed by atoms with E-state index in [1.807, 2.05) is 11.7 Å². The summed E-state index contributed by atoms with van der Waals surface area (Å²) >= 11 is 0. The number of likely N-dealkylation sites (N-methyl/N-ethyl adjacent to an activating group) is 1. The van der Waals surface area contributed by atoms with Crippen molar-refractivity contribution in [3.8, 4) is 5.75 Å². The lowest BCUT2D eigenvalue weighted by atomic mass is 9.83. The van der Waals surface area contributed by atoms with Gasteiger partial charge in [0.1, 0.15) is 0 Å². The highest BCUT2D eigenvalue weighted by Crippen LogP contribution is 2.36. The number of methoxy groups -OCH3 is 2. The first-order valence-corrected chi connectivity index (χ1v) is 6.70. The van der Waals surface area contributed by atoms with Gasteiger partial charge in [-0.25, -0.2) is 0 Å². The van der Waals surface area contributed by atoms with Crippen LogP contribution in [0.3, 0.4) is 0 Å². The first-order valence-electron chi connectivity index (χ1n) is 6.70. The number of aryl methyl sites for hydroxylation is 1. The Kier molecular flexibility index (Phi) is 5.38. The van der Waals surface area contributed by atoms with Crippen LogP contribution in [0.25, 0.3) is 0 Å². The Morgan fingerprint density at radius 3 is 2.37 bits per heavy atom. The monoisotopic (exact) mass is 269 g/mol. The normalized spacial score (nSPS) is 15.3. The Bertz CT molecular complexity index is 374. The minimum absolute atomic E-state index is 0.0102. The zero-order valence-electron chi connectivity index (χ0n) is 13.2. The van der Waals surface area contributed by atoms with Gasteiger partial charge in [-0.1, -0.05) is 20.8 Å². The Labute approximate surface area is 116 Å². The van der Waals surface area contributed by atoms with Gasteiger partial charge in [-0.05, 0) is 19.4 Å². The zero-order valence-corrected chi connectivity index (χ0v) is 13.2. The number of rotatable bonds is 6. The number of hydrogen-bond donors (Lipinski definition) is 1. The maximum atomic E-state index is 5.73. The molecule has 0 fully saturated rings. The highest BCUT2D eigenvalue weighted by molar-refractivity contribution is 5.29. The summed E-state index contributed by atoms with van der Waals surface area (Å²) in [5.74, 6) is 0.799. The molecule has 1 aromatic heterocycles. The standard InChI is InChI=1S/C14H27N3O2/c1-8-17-12(10(18-6)9-16-17)11(15-5)13(19-7)14(2,3)4/h9,11,13,15H,8H2,1-7H3. The Hall–Kier alpha value is -1.07. The molecule has 2 unspecified atom stereocenters. The summed E-state index contributed by atoms with van der Waals surface area (Å²) in [6, 6.07) is 0.0300. The molecule has 0 saturated carbocycles. The van der Waals surface area contributed by atoms with E-state index in [1.165, 1.54) is 0 Å². The lowest BCUT2D eigenvalue weighted by Crippen LogP contribution is -2.41. The molecule has 0 spiro atoms. The van der Waals surface area contributed by atoms with Crippen LogP contribution in [0.4, 0.5) is 0 Å². The summed E-state index contributed by atoms with van der Waals surface area (Å²) in [6.07, 6.45) is 1.78. The van der Waals surface area contributed by atoms with Gasteiger partial charge in [-0.15, -0.1) is 0 Å². The molecule has 0 aliphatic rings. The lowest BCUT2D eigenvalue weighted by Gasteiger charge is -2.36. The molecule has 5 heteroatoms. The van der Waals surface area contributed by atoms with Gasteiger partial charge in [0.15, 0.2) is 5.75 Å². The fourth-order valence-corrected chi connectivity index (χ4v) is 2.52. The van der Waals surface area contributed by atoms with Crippen molar-refractivity contribution in [1.29, 1.82) is 0 Å². The third-order valence-electron chi connectivity index (χ3n) is 3.38. The molecule has 0 amide bonds. The van der Waals surface area contributed by atoms with Gasteiger partial charge >= 0.3 is 0 Å². The topological polar surface area (TPSA) is 48.3 Å². The molecule has 0 aromatic carbocycles. The molecule has 1 N–H and O–H groups in total. The lowest BCUT2D eigenvalue weighted by molar-refractivity contribution is -0.0127. The minimum atomic E-state index is 0.0102. The van der Waals surface area contributed by atoms with Crippen molar-refractivity contribution in [2.24, 2.45) is 5.41 Å². The van der Waals surface area contributed by atoms with E-state index in [9.17, 15) is 0 Å². The third-order valence-corrected chi connectivity index (χ3v) is 3.38. The third kappa shape index (κ3) is 3.28. The van der Waals surface area contributed by atoms with Gasteiger partial charge in [-0.2, -0.15) is 5.10 Å². The summed E-state index contributed by atoms with van der Waals surface area (Å²) in [6.45, 7) is 9.39. The van der Waals surface area contributed by atoms with Crippen molar-refractivity contribution >= 4 is 0 Å². The molecule has 5 nitrogen and oxygen atoms in total. The van der Waals surface area contributed by atoms with E-state index in [2.05, 4.69) is 38.1 Å². The van der Waals surface area contributed by atoms with Gasteiger partial charge in [0.2, 0.25) is 0 Å². The maximum absolute atomic E-state index is 5.73. The first kappa shape index (κ1) is 16.0. The molecule has 1 rings (SSSR count). The molecule has 0 aliphatic carbocycles. The Morgan fingerprint density at radius 1 is 1.37 bits per heavy atom. The van der Waals surface area contributed by atoms with Crippen LogP contribution in [0.2, 0.25) is 0 Å². The average molecular weight is 269 g/mol. The van der Waals surface area contributed by atoms with Crippen LogP contribution < -0.4 is 10.1 Å². The first-order chi connectivity index (χ1) is 8.90. The number of ether oxygens (including phenoxy) is 2. The smallest absolute Gasteiger partial charge is 0.161 e. The molecular weight excluding hydrogens is 242 g/mol. The summed E-state index contributed by atoms with van der Waals surface area (Å²) < 4.78 is 13.1. The molecule has 0 bridgehead atoms. The number of nitrogens with zero attached hydrogens (tertiary/aromatic N) is 2. The summed E-state index contributed by atoms with van der Waals surface area (Å²) in [4.78, 5) is 0. The molecular formula is C14H27N3O2. The molecule has 0 aliphatic heterocycles. The van der Waals surface area contributed by atoms with Crippen LogP contribution in [0.15, 0.2) is 6.20 Å². The second kappa shape index (κ2) is 6.39. The van der Waals surface area contributed by atoms with Crippen LogP contribution in [-0.2, 0) is 11.3 Å². The summed E-state index contributed by atoms with van der Waals surface area (Å²) in [5.41, 5.74) is 1.05. The molecule has 19 heavy (non-hydrogen) atoms. The van der Waals surface area contributed by atoms with Crippen LogP contribution in [0, 0.1) is 5.41 Å². The molecule has 2 atom stereocenters. The SMILES string of the molecule is CCn1ncc(OC)c1C(NC)C(OC)C(C)(C)C. The van der Waals surface area contributed by atoms with E-state index in [0.717, 1.165) is 18.0 Å². The summed E-state index contributed by atoms with van der Waals surface area (Å²) in [5, 5.41) is 7.71. The van der Waals surface area contributed by atoms with Gasteiger partial charge < -0.3 is 14.8 Å². The van der Waals surface area contributed by atoms with Gasteiger partial charge in [0.25, 0.3) is 0 Å². The highest BCUT2D eigenvalue weighted by atomic mass is 16.5. The van der Waals surface area contributed by atoms with Crippen molar-refractivity contribution in [3.63, 3.8) is 0 Å². The highest BCUT2D eigenvalue weighted by Gasteiger charge is 2.36. The van der Waals surface area contributed by atoms with Gasteiger partial charge in [0.05, 0.1) is 31.1 Å². The van der Waals surface area contributed by atoms with E-state index in [-0.39, 0.29) is 17.6 Å². The predicted octanol–water partition coefficient (Wildman–Crippen LogP) is 2.23. The fourth-order valence-electron chi connectivity index (χ4n) is 2.52. The van der Waals surface area contributed by atoms with Crippen LogP contribution in [0.5, 0.6) is 5.75 Å². The van der Waals surface area contributed by atoms with Crippen LogP contribution >= 0.6 is 0 Å². The second-order valence-corrected chi connectivity index (χ2v) is 5.70. The zero-order chi connectivity index (χ0) is 14.6. The van der Waals surface area contributed by atoms with Crippen molar-refractivity contribution < 1.29 is 9.47 Å². The van der Waals surface area contributed by atoms with Gasteiger partial charge in [-0.3, -0.25) is 4.68 Å². The van der Waals surface area contributed by atoms with E-state index >= 15 is 0 Å². The molecule has 1 heterocycles. The van der Waals surface area contributed by atoms with E-state index in [1.54, 1.807) is 20.4 Å². The van der Waals surface area contributed by atoms with Crippen LogP contribution in [-0.4, -0.2) is 37.2 Å². The fraction of sp³-hybridized carbons (Fsp3) is 0.786. The maximum Gasteiger partial charge on any atom is 0.161 e. The van der Waals surface area contributed by atoms with Gasteiger partial charge in [0, 0.05) is 13.7 Å². The number of hydrogen-bond acceptors (Lipinski definition) is 4. The Balaban J connectivity index is 3.25. The van der Waals surface area contributed by atoms with Crippen molar-refractivity contribution in [2.75, 3.05) is 21.3 Å². The molecule has 0 radical (unpaired) electrons. The second-order valence-electron chi connectivity index (χ2n) is 5.70. The van der Waals surface area contributed by atoms with Crippen molar-refractivity contribution in [2.45, 2.75) is 46.4 Å². The molecule has 110 valence electrons. The van der Waals surface area contributed by atoms with Crippen LogP contribution in [0.1, 0.15) is 39.4 Å². The molecule has 1 aromatic rings. The van der Waals surface area contributed by atoms with Crippen molar-refractivity contribution in [1.82, 2.24) is 15.1 Å². The van der Waals surface area contributed by atoms with Crippen molar-refractivity contribution in [3.05, 3.63) is 11.9 Å². The minimum Gasteiger partial charge on any atom is -0.493 e. The summed E-state index contributed by atoms with van der Waals surface area (Å²) in [7, 11) is 5.36. The van der Waals surface area contributed by atoms with E-state index in [4.69, 9.17) is 9.47 Å². The number of aromatic nitrogens is 2. The number of nitrogens with one attached hydrogen (secondary N) is 1. The Morgan fingerprint density at radius 2 is 2.00 bits per heavy atom. The quantitative estimate of drug-likeness (QED) is 0.860. The molecule has 0 saturated heterocycles. The largest absolute Gasteiger partial charge is 0.493 e. The predicted molar refractivity (Wildman–Crippen MR) is 76.5 cm³/mol. The average Bonchev–Trinajstić information content (AvgIpc) is 2.76. The van der Waals surface area contributed by atoms with E-state index in [0.29, 0.717) is 0 Å².